The highest BCUT2D eigenvalue weighted by molar-refractivity contribution is 5.91. The molecule has 0 radical (unpaired) electrons. The van der Waals surface area contributed by atoms with E-state index in [-0.39, 0.29) is 12.0 Å². The van der Waals surface area contributed by atoms with Crippen LogP contribution in [0, 0.1) is 13.8 Å². The van der Waals surface area contributed by atoms with Crippen LogP contribution in [-0.2, 0) is 11.3 Å². The largest absolute Gasteiger partial charge is 0.486 e. The quantitative estimate of drug-likeness (QED) is 0.580. The molecule has 0 fully saturated rings. The predicted molar refractivity (Wildman–Crippen MR) is 115 cm³/mol. The van der Waals surface area contributed by atoms with Crippen molar-refractivity contribution in [1.29, 1.82) is 0 Å². The monoisotopic (exact) mass is 406 g/mol. The van der Waals surface area contributed by atoms with E-state index in [2.05, 4.69) is 24.5 Å². The highest BCUT2D eigenvalue weighted by Gasteiger charge is 2.23. The summed E-state index contributed by atoms with van der Waals surface area (Å²) < 4.78 is 19.3. The molecule has 0 bridgehead atoms. The molecule has 6 heteroatoms. The van der Waals surface area contributed by atoms with Crippen LogP contribution in [0.5, 0.6) is 11.5 Å². The normalized spacial score (nSPS) is 15.5. The van der Waals surface area contributed by atoms with Gasteiger partial charge in [-0.25, -0.2) is 0 Å². The Hall–Kier alpha value is -3.41. The predicted octanol–water partition coefficient (Wildman–Crippen LogP) is 4.06. The second kappa shape index (κ2) is 8.53. The number of para-hydroxylation sites is 2. The molecule has 30 heavy (non-hydrogen) atoms. The smallest absolute Gasteiger partial charge is 0.246 e. The second-order valence-corrected chi connectivity index (χ2v) is 7.54. The van der Waals surface area contributed by atoms with Crippen molar-refractivity contribution in [1.82, 2.24) is 9.47 Å². The van der Waals surface area contributed by atoms with Crippen LogP contribution < -0.4 is 9.47 Å². The number of furan rings is 1. The van der Waals surface area contributed by atoms with Gasteiger partial charge >= 0.3 is 0 Å². The van der Waals surface area contributed by atoms with Crippen molar-refractivity contribution < 1.29 is 18.7 Å². The van der Waals surface area contributed by atoms with E-state index in [4.69, 9.17) is 13.9 Å². The molecular formula is C24H26N2O4. The minimum atomic E-state index is -0.194. The molecule has 1 aliphatic heterocycles. The number of rotatable bonds is 6. The molecule has 6 nitrogen and oxygen atoms in total. The minimum absolute atomic E-state index is 0.0757. The van der Waals surface area contributed by atoms with Gasteiger partial charge in [-0.15, -0.1) is 0 Å². The number of aryl methyl sites for hydroxylation is 1. The number of carbonyl (C=O) groups is 1. The maximum Gasteiger partial charge on any atom is 0.246 e. The first kappa shape index (κ1) is 19.9. The third-order valence-electron chi connectivity index (χ3n) is 5.33. The van der Waals surface area contributed by atoms with Crippen molar-refractivity contribution in [2.45, 2.75) is 26.5 Å². The molecule has 156 valence electrons. The molecule has 4 rings (SSSR count). The van der Waals surface area contributed by atoms with Crippen molar-refractivity contribution >= 4 is 12.0 Å². The lowest BCUT2D eigenvalue weighted by molar-refractivity contribution is -0.126. The number of carbonyl (C=O) groups excluding carboxylic acids is 1. The van der Waals surface area contributed by atoms with Crippen LogP contribution in [0.3, 0.4) is 0 Å². The Kier molecular flexibility index (Phi) is 5.65. The maximum atomic E-state index is 12.6. The summed E-state index contributed by atoms with van der Waals surface area (Å²) in [5.41, 5.74) is 3.24. The Labute approximate surface area is 176 Å². The van der Waals surface area contributed by atoms with Gasteiger partial charge in [0.05, 0.1) is 19.4 Å². The van der Waals surface area contributed by atoms with Crippen LogP contribution in [0.2, 0.25) is 0 Å². The SMILES string of the molecule is Cc1cc(C=CC(=O)N(C)CC2COc3ccccc3O2)c(C)n1Cc1ccco1. The summed E-state index contributed by atoms with van der Waals surface area (Å²) in [6.07, 6.45) is 4.96. The van der Waals surface area contributed by atoms with E-state index in [1.165, 1.54) is 0 Å². The van der Waals surface area contributed by atoms with E-state index in [0.29, 0.717) is 25.4 Å². The fourth-order valence-corrected chi connectivity index (χ4v) is 3.63. The van der Waals surface area contributed by atoms with Crippen LogP contribution in [0.15, 0.2) is 59.2 Å². The second-order valence-electron chi connectivity index (χ2n) is 7.54. The van der Waals surface area contributed by atoms with Crippen molar-refractivity contribution in [3.05, 3.63) is 77.5 Å². The van der Waals surface area contributed by atoms with Gasteiger partial charge in [0, 0.05) is 24.5 Å². The maximum absolute atomic E-state index is 12.6. The summed E-state index contributed by atoms with van der Waals surface area (Å²) in [5, 5.41) is 0. The lowest BCUT2D eigenvalue weighted by Gasteiger charge is -2.29. The molecule has 0 aliphatic carbocycles. The first-order chi connectivity index (χ1) is 14.5. The van der Waals surface area contributed by atoms with Crippen LogP contribution in [0.4, 0.5) is 0 Å². The number of benzene rings is 1. The van der Waals surface area contributed by atoms with Gasteiger partial charge in [-0.2, -0.15) is 0 Å². The Morgan fingerprint density at radius 2 is 2.00 bits per heavy atom. The van der Waals surface area contributed by atoms with Crippen molar-refractivity contribution in [2.24, 2.45) is 0 Å². The summed E-state index contributed by atoms with van der Waals surface area (Å²) in [6, 6.07) is 13.5. The van der Waals surface area contributed by atoms with Gasteiger partial charge in [-0.05, 0) is 55.8 Å². The molecular weight excluding hydrogens is 380 g/mol. The molecule has 0 N–H and O–H groups in total. The number of nitrogens with zero attached hydrogens (tertiary/aromatic N) is 2. The number of aromatic nitrogens is 1. The molecule has 1 atom stereocenters. The molecule has 1 aromatic carbocycles. The van der Waals surface area contributed by atoms with Crippen LogP contribution in [0.1, 0.15) is 22.7 Å². The zero-order valence-electron chi connectivity index (χ0n) is 17.5. The van der Waals surface area contributed by atoms with Crippen molar-refractivity contribution in [3.8, 4) is 11.5 Å². The molecule has 1 aliphatic rings. The lowest BCUT2D eigenvalue weighted by atomic mass is 10.2. The summed E-state index contributed by atoms with van der Waals surface area (Å²) in [6.45, 7) is 5.65. The highest BCUT2D eigenvalue weighted by atomic mass is 16.6. The van der Waals surface area contributed by atoms with Gasteiger partial charge in [-0.1, -0.05) is 12.1 Å². The molecule has 3 heterocycles. The van der Waals surface area contributed by atoms with Crippen molar-refractivity contribution in [3.63, 3.8) is 0 Å². The van der Waals surface area contributed by atoms with E-state index in [1.54, 1.807) is 24.3 Å². The van der Waals surface area contributed by atoms with E-state index < -0.39 is 0 Å². The number of amides is 1. The van der Waals surface area contributed by atoms with Crippen molar-refractivity contribution in [2.75, 3.05) is 20.2 Å². The van der Waals surface area contributed by atoms with Crippen LogP contribution in [0.25, 0.3) is 6.08 Å². The standard InChI is InChI=1S/C24H26N2O4/c1-17-13-19(18(2)26(17)15-20-7-6-12-28-20)10-11-24(27)25(3)14-21-16-29-22-8-4-5-9-23(22)30-21/h4-13,21H,14-16H2,1-3H3. The summed E-state index contributed by atoms with van der Waals surface area (Å²) in [5.74, 6) is 2.29. The number of likely N-dealkylation sites (N-methyl/N-ethyl adjacent to an activating group) is 1. The average molecular weight is 406 g/mol. The Bertz CT molecular complexity index is 1050. The summed E-state index contributed by atoms with van der Waals surface area (Å²) >= 11 is 0. The fourth-order valence-electron chi connectivity index (χ4n) is 3.63. The molecule has 2 aromatic heterocycles. The Morgan fingerprint density at radius 1 is 1.20 bits per heavy atom. The topological polar surface area (TPSA) is 56.8 Å². The van der Waals surface area contributed by atoms with Gasteiger partial charge < -0.3 is 23.4 Å². The molecule has 1 unspecified atom stereocenters. The zero-order chi connectivity index (χ0) is 21.1. The molecule has 0 spiro atoms. The number of hydrogen-bond donors (Lipinski definition) is 0. The first-order valence-corrected chi connectivity index (χ1v) is 10.0. The molecule has 3 aromatic rings. The molecule has 1 amide bonds. The van der Waals surface area contributed by atoms with E-state index in [1.807, 2.05) is 42.5 Å². The van der Waals surface area contributed by atoms with Crippen LogP contribution in [-0.4, -0.2) is 41.7 Å². The van der Waals surface area contributed by atoms with E-state index >= 15 is 0 Å². The van der Waals surface area contributed by atoms with E-state index in [0.717, 1.165) is 28.5 Å². The van der Waals surface area contributed by atoms with E-state index in [9.17, 15) is 4.79 Å². The minimum Gasteiger partial charge on any atom is -0.486 e. The van der Waals surface area contributed by atoms with Gasteiger partial charge in [0.2, 0.25) is 5.91 Å². The number of ether oxygens (including phenoxy) is 2. The Balaban J connectivity index is 1.38. The Morgan fingerprint density at radius 3 is 2.77 bits per heavy atom. The van der Waals surface area contributed by atoms with Gasteiger partial charge in [0.1, 0.15) is 12.4 Å². The van der Waals surface area contributed by atoms with Gasteiger partial charge in [0.15, 0.2) is 17.6 Å². The van der Waals surface area contributed by atoms with Gasteiger partial charge in [0.25, 0.3) is 0 Å². The highest BCUT2D eigenvalue weighted by Crippen LogP contribution is 2.31. The first-order valence-electron chi connectivity index (χ1n) is 10.0. The zero-order valence-corrected chi connectivity index (χ0v) is 17.5. The average Bonchev–Trinajstić information content (AvgIpc) is 3.35. The molecule has 0 saturated heterocycles. The lowest BCUT2D eigenvalue weighted by Crippen LogP contribution is -2.41. The van der Waals surface area contributed by atoms with Gasteiger partial charge in [-0.3, -0.25) is 4.79 Å². The molecule has 0 saturated carbocycles. The third kappa shape index (κ3) is 4.27. The number of fused-ring (bicyclic) bond motifs is 1. The fraction of sp³-hybridized carbons (Fsp3) is 0.292. The summed E-state index contributed by atoms with van der Waals surface area (Å²) in [7, 11) is 1.77. The number of hydrogen-bond acceptors (Lipinski definition) is 4. The summed E-state index contributed by atoms with van der Waals surface area (Å²) in [4.78, 5) is 14.3. The van der Waals surface area contributed by atoms with Crippen LogP contribution >= 0.6 is 0 Å². The third-order valence-corrected chi connectivity index (χ3v) is 5.33.